The van der Waals surface area contributed by atoms with Crippen LogP contribution in [0.5, 0.6) is 5.75 Å². The zero-order chi connectivity index (χ0) is 22.2. The molecule has 168 valence electrons. The average molecular weight is 436 g/mol. The van der Waals surface area contributed by atoms with Crippen molar-refractivity contribution in [3.05, 3.63) is 51.4 Å². The Morgan fingerprint density at radius 2 is 1.97 bits per heavy atom. The van der Waals surface area contributed by atoms with Gasteiger partial charge in [0.05, 0.1) is 13.2 Å². The first-order valence-corrected chi connectivity index (χ1v) is 10.2. The summed E-state index contributed by atoms with van der Waals surface area (Å²) in [5.41, 5.74) is 1.77. The lowest BCUT2D eigenvalue weighted by molar-refractivity contribution is -0.121. The Labute approximate surface area is 178 Å². The summed E-state index contributed by atoms with van der Waals surface area (Å²) in [6.45, 7) is 1.85. The van der Waals surface area contributed by atoms with Crippen LogP contribution in [0.1, 0.15) is 23.2 Å². The molecule has 0 aliphatic carbocycles. The molecule has 0 atom stereocenters. The molecule has 1 aliphatic rings. The van der Waals surface area contributed by atoms with E-state index in [2.05, 4.69) is 20.0 Å². The van der Waals surface area contributed by atoms with Gasteiger partial charge in [-0.1, -0.05) is 12.1 Å². The maximum absolute atomic E-state index is 12.5. The predicted octanol–water partition coefficient (Wildman–Crippen LogP) is 1.81. The maximum Gasteiger partial charge on any atom is 0.387 e. The van der Waals surface area contributed by atoms with Gasteiger partial charge in [-0.3, -0.25) is 14.6 Å². The van der Waals surface area contributed by atoms with Gasteiger partial charge in [-0.2, -0.15) is 8.78 Å². The predicted molar refractivity (Wildman–Crippen MR) is 111 cm³/mol. The van der Waals surface area contributed by atoms with Crippen LogP contribution >= 0.6 is 0 Å². The molecular formula is C21H26F2N4O4. The summed E-state index contributed by atoms with van der Waals surface area (Å²) in [6, 6.07) is 6.28. The number of benzene rings is 1. The zero-order valence-corrected chi connectivity index (χ0v) is 17.3. The van der Waals surface area contributed by atoms with Crippen LogP contribution in [0.4, 0.5) is 14.7 Å². The molecule has 0 bridgehead atoms. The molecule has 0 radical (unpaired) electrons. The number of halogens is 2. The minimum atomic E-state index is -2.85. The second kappa shape index (κ2) is 10.9. The number of ether oxygens (including phenoxy) is 2. The molecule has 1 saturated heterocycles. The smallest absolute Gasteiger partial charge is 0.387 e. The number of hydrogen-bond donors (Lipinski definition) is 2. The number of morpholine rings is 1. The number of alkyl halides is 2. The van der Waals surface area contributed by atoms with Gasteiger partial charge in [0.1, 0.15) is 5.75 Å². The van der Waals surface area contributed by atoms with Gasteiger partial charge >= 0.3 is 6.61 Å². The van der Waals surface area contributed by atoms with Crippen LogP contribution in [-0.2, 0) is 22.4 Å². The number of carbonyl (C=O) groups is 1. The van der Waals surface area contributed by atoms with Crippen molar-refractivity contribution in [2.75, 3.05) is 37.7 Å². The molecule has 0 saturated carbocycles. The van der Waals surface area contributed by atoms with Crippen LogP contribution < -0.4 is 20.5 Å². The number of amides is 1. The Morgan fingerprint density at radius 3 is 2.61 bits per heavy atom. The van der Waals surface area contributed by atoms with Gasteiger partial charge in [-0.25, -0.2) is 4.98 Å². The zero-order valence-electron chi connectivity index (χ0n) is 17.3. The lowest BCUT2D eigenvalue weighted by Gasteiger charge is -2.27. The van der Waals surface area contributed by atoms with E-state index in [9.17, 15) is 18.4 Å². The molecule has 1 amide bonds. The first-order valence-electron chi connectivity index (χ1n) is 10.2. The number of aryl methyl sites for hydroxylation is 1. The van der Waals surface area contributed by atoms with E-state index in [1.165, 1.54) is 12.1 Å². The fourth-order valence-electron chi connectivity index (χ4n) is 3.33. The molecule has 0 spiro atoms. The second-order valence-corrected chi connectivity index (χ2v) is 7.18. The number of nitrogens with one attached hydrogen (secondary N) is 2. The van der Waals surface area contributed by atoms with E-state index in [0.717, 1.165) is 5.56 Å². The van der Waals surface area contributed by atoms with Gasteiger partial charge < -0.3 is 19.7 Å². The summed E-state index contributed by atoms with van der Waals surface area (Å²) < 4.78 is 33.9. The molecular weight excluding hydrogens is 410 g/mol. The van der Waals surface area contributed by atoms with Gasteiger partial charge in [-0.05, 0) is 37.5 Å². The minimum absolute atomic E-state index is 0.0941. The Kier molecular flexibility index (Phi) is 7.94. The highest BCUT2D eigenvalue weighted by Crippen LogP contribution is 2.15. The molecule has 3 rings (SSSR count). The minimum Gasteiger partial charge on any atom is -0.435 e. The molecule has 8 nitrogen and oxygen atoms in total. The van der Waals surface area contributed by atoms with Crippen molar-refractivity contribution in [1.29, 1.82) is 0 Å². The number of aromatic nitrogens is 2. The van der Waals surface area contributed by atoms with Crippen molar-refractivity contribution >= 4 is 11.9 Å². The monoisotopic (exact) mass is 436 g/mol. The van der Waals surface area contributed by atoms with Crippen LogP contribution in [0.3, 0.4) is 0 Å². The van der Waals surface area contributed by atoms with E-state index >= 15 is 0 Å². The van der Waals surface area contributed by atoms with Crippen molar-refractivity contribution in [2.45, 2.75) is 32.8 Å². The van der Waals surface area contributed by atoms with Crippen LogP contribution in [0, 0.1) is 6.92 Å². The topological polar surface area (TPSA) is 96.6 Å². The molecule has 31 heavy (non-hydrogen) atoms. The molecule has 1 aliphatic heterocycles. The maximum atomic E-state index is 12.5. The number of anilines is 1. The summed E-state index contributed by atoms with van der Waals surface area (Å²) in [4.78, 5) is 33.9. The van der Waals surface area contributed by atoms with Crippen molar-refractivity contribution in [1.82, 2.24) is 15.3 Å². The lowest BCUT2D eigenvalue weighted by atomic mass is 10.1. The average Bonchev–Trinajstić information content (AvgIpc) is 2.74. The number of hydrogen-bond acceptors (Lipinski definition) is 6. The Balaban J connectivity index is 1.45. The van der Waals surface area contributed by atoms with Crippen LogP contribution in [-0.4, -0.2) is 55.3 Å². The normalized spacial score (nSPS) is 14.0. The molecule has 10 heteroatoms. The highest BCUT2D eigenvalue weighted by Gasteiger charge is 2.16. The SMILES string of the molecule is Cc1nc(N2CCOCC2)[nH]c(=O)c1CCC(=O)NCCc1ccc(OC(F)F)cc1. The third-order valence-electron chi connectivity index (χ3n) is 5.01. The standard InChI is InChI=1S/C21H26F2N4O4/c1-14-17(19(29)26-21(25-14)27-10-12-30-13-11-27)6-7-18(28)24-9-8-15-2-4-16(5-3-15)31-20(22)23/h2-5,20H,6-13H2,1H3,(H,24,28)(H,25,26,29). The van der Waals surface area contributed by atoms with Crippen molar-refractivity contribution in [3.63, 3.8) is 0 Å². The number of rotatable bonds is 9. The van der Waals surface area contributed by atoms with E-state index < -0.39 is 6.61 Å². The fourth-order valence-corrected chi connectivity index (χ4v) is 3.33. The van der Waals surface area contributed by atoms with Gasteiger partial charge in [0.2, 0.25) is 11.9 Å². The number of nitrogens with zero attached hydrogens (tertiary/aromatic N) is 2. The fraction of sp³-hybridized carbons (Fsp3) is 0.476. The highest BCUT2D eigenvalue weighted by molar-refractivity contribution is 5.76. The van der Waals surface area contributed by atoms with Gasteiger partial charge in [-0.15, -0.1) is 0 Å². The van der Waals surface area contributed by atoms with Crippen LogP contribution in [0.15, 0.2) is 29.1 Å². The molecule has 2 aromatic rings. The second-order valence-electron chi connectivity index (χ2n) is 7.18. The third-order valence-corrected chi connectivity index (χ3v) is 5.01. The highest BCUT2D eigenvalue weighted by atomic mass is 19.3. The lowest BCUT2D eigenvalue weighted by Crippen LogP contribution is -2.38. The van der Waals surface area contributed by atoms with Crippen LogP contribution in [0.2, 0.25) is 0 Å². The molecule has 0 unspecified atom stereocenters. The van der Waals surface area contributed by atoms with Crippen molar-refractivity contribution in [3.8, 4) is 5.75 Å². The first kappa shape index (κ1) is 22.7. The van der Waals surface area contributed by atoms with Gasteiger partial charge in [0.25, 0.3) is 5.56 Å². The molecule has 2 N–H and O–H groups in total. The molecule has 1 aromatic carbocycles. The number of aromatic amines is 1. The van der Waals surface area contributed by atoms with Gasteiger partial charge in [0.15, 0.2) is 0 Å². The molecule has 1 aromatic heterocycles. The number of H-pyrrole nitrogens is 1. The van der Waals surface area contributed by atoms with E-state index in [-0.39, 0.29) is 23.6 Å². The summed E-state index contributed by atoms with van der Waals surface area (Å²) in [6.07, 6.45) is 1.02. The summed E-state index contributed by atoms with van der Waals surface area (Å²) in [7, 11) is 0. The quantitative estimate of drug-likeness (QED) is 0.623. The molecule has 1 fully saturated rings. The van der Waals surface area contributed by atoms with Gasteiger partial charge in [0, 0.05) is 37.3 Å². The summed E-state index contributed by atoms with van der Waals surface area (Å²) in [5, 5.41) is 2.81. The van der Waals surface area contributed by atoms with E-state index in [4.69, 9.17) is 4.74 Å². The Bertz CT molecular complexity index is 928. The van der Waals surface area contributed by atoms with Crippen LogP contribution in [0.25, 0.3) is 0 Å². The molecule has 2 heterocycles. The van der Waals surface area contributed by atoms with E-state index in [0.29, 0.717) is 62.9 Å². The largest absolute Gasteiger partial charge is 0.435 e. The van der Waals surface area contributed by atoms with E-state index in [1.807, 2.05) is 4.90 Å². The Hall–Kier alpha value is -3.01. The first-order chi connectivity index (χ1) is 14.9. The third kappa shape index (κ3) is 6.74. The Morgan fingerprint density at radius 1 is 1.26 bits per heavy atom. The summed E-state index contributed by atoms with van der Waals surface area (Å²) in [5.74, 6) is 0.453. The van der Waals surface area contributed by atoms with E-state index in [1.54, 1.807) is 19.1 Å². The van der Waals surface area contributed by atoms with Crippen molar-refractivity contribution < 1.29 is 23.0 Å². The number of carbonyl (C=O) groups excluding carboxylic acids is 1. The summed E-state index contributed by atoms with van der Waals surface area (Å²) >= 11 is 0. The van der Waals surface area contributed by atoms with Crippen molar-refractivity contribution in [2.24, 2.45) is 0 Å².